The summed E-state index contributed by atoms with van der Waals surface area (Å²) < 4.78 is 0. The van der Waals surface area contributed by atoms with Gasteiger partial charge in [0, 0.05) is 36.3 Å². The molecule has 2 aromatic heterocycles. The molecule has 3 heterocycles. The Labute approximate surface area is 105 Å². The van der Waals surface area contributed by atoms with E-state index in [1.165, 1.54) is 0 Å². The Bertz CT molecular complexity index is 624. The van der Waals surface area contributed by atoms with Crippen LogP contribution in [0, 0.1) is 6.92 Å². The average Bonchev–Trinajstić information content (AvgIpc) is 2.68. The predicted molar refractivity (Wildman–Crippen MR) is 67.1 cm³/mol. The second-order valence-corrected chi connectivity index (χ2v) is 4.30. The normalized spacial score (nSPS) is 13.9. The van der Waals surface area contributed by atoms with Crippen molar-refractivity contribution in [1.82, 2.24) is 15.0 Å². The van der Waals surface area contributed by atoms with E-state index in [1.54, 1.807) is 24.3 Å². The van der Waals surface area contributed by atoms with E-state index < -0.39 is 0 Å². The largest absolute Gasteiger partial charge is 0.299 e. The van der Waals surface area contributed by atoms with Crippen LogP contribution in [0.5, 0.6) is 0 Å². The molecule has 0 bridgehead atoms. The minimum atomic E-state index is 0.0641. The van der Waals surface area contributed by atoms with Gasteiger partial charge >= 0.3 is 0 Å². The molecule has 5 nitrogen and oxygen atoms in total. The topological polar surface area (TPSA) is 59.0 Å². The fourth-order valence-electron chi connectivity index (χ4n) is 2.08. The van der Waals surface area contributed by atoms with Gasteiger partial charge in [-0.1, -0.05) is 0 Å². The molecule has 0 aromatic carbocycles. The molecule has 90 valence electrons. The van der Waals surface area contributed by atoms with Gasteiger partial charge in [-0.15, -0.1) is 0 Å². The zero-order valence-corrected chi connectivity index (χ0v) is 10.2. The quantitative estimate of drug-likeness (QED) is 0.755. The van der Waals surface area contributed by atoms with Crippen LogP contribution in [0.3, 0.4) is 0 Å². The monoisotopic (exact) mass is 240 g/mol. The molecule has 5 heteroatoms. The van der Waals surface area contributed by atoms with Gasteiger partial charge in [-0.3, -0.25) is 14.7 Å². The van der Waals surface area contributed by atoms with Gasteiger partial charge in [-0.25, -0.2) is 9.97 Å². The first kappa shape index (κ1) is 10.8. The maximum Gasteiger partial charge on any atom is 0.232 e. The van der Waals surface area contributed by atoms with Crippen LogP contribution in [0.25, 0.3) is 11.4 Å². The number of carbonyl (C=O) groups is 1. The second-order valence-electron chi connectivity index (χ2n) is 4.30. The van der Waals surface area contributed by atoms with E-state index in [9.17, 15) is 4.79 Å². The number of carbonyl (C=O) groups excluding carboxylic acids is 1. The van der Waals surface area contributed by atoms with Crippen molar-refractivity contribution in [3.8, 4) is 11.4 Å². The third kappa shape index (κ3) is 1.55. The Morgan fingerprint density at radius 2 is 1.94 bits per heavy atom. The molecule has 0 aliphatic carbocycles. The van der Waals surface area contributed by atoms with Crippen molar-refractivity contribution in [1.29, 1.82) is 0 Å². The molecule has 0 atom stereocenters. The van der Waals surface area contributed by atoms with Crippen molar-refractivity contribution in [2.24, 2.45) is 0 Å². The molecule has 0 saturated carbocycles. The minimum Gasteiger partial charge on any atom is -0.299 e. The molecule has 2 aromatic rings. The third-order valence-corrected chi connectivity index (χ3v) is 3.15. The van der Waals surface area contributed by atoms with Gasteiger partial charge in [-0.05, 0) is 19.1 Å². The van der Waals surface area contributed by atoms with Gasteiger partial charge in [0.05, 0.1) is 6.42 Å². The van der Waals surface area contributed by atoms with E-state index in [1.807, 2.05) is 19.1 Å². The summed E-state index contributed by atoms with van der Waals surface area (Å²) in [6, 6.07) is 3.72. The number of aromatic nitrogens is 3. The standard InChI is InChI=1S/C13H12N4O/c1-8-10-7-11(18)17(2)13(10)16-12(15-8)9-3-5-14-6-4-9/h3-6H,7H2,1-2H3. The lowest BCUT2D eigenvalue weighted by Gasteiger charge is -2.11. The predicted octanol–water partition coefficient (Wildman–Crippen LogP) is 1.37. The molecule has 0 spiro atoms. The highest BCUT2D eigenvalue weighted by Gasteiger charge is 2.28. The first-order valence-electron chi connectivity index (χ1n) is 5.71. The number of pyridine rings is 1. The summed E-state index contributed by atoms with van der Waals surface area (Å²) in [5.74, 6) is 1.42. The Morgan fingerprint density at radius 3 is 2.67 bits per heavy atom. The number of hydrogen-bond donors (Lipinski definition) is 0. The highest BCUT2D eigenvalue weighted by Crippen LogP contribution is 2.29. The Balaban J connectivity index is 2.16. The average molecular weight is 240 g/mol. The van der Waals surface area contributed by atoms with Gasteiger partial charge in [0.25, 0.3) is 0 Å². The van der Waals surface area contributed by atoms with Crippen LogP contribution in [-0.4, -0.2) is 27.9 Å². The maximum atomic E-state index is 11.7. The summed E-state index contributed by atoms with van der Waals surface area (Å²) in [6.45, 7) is 1.91. The molecule has 18 heavy (non-hydrogen) atoms. The van der Waals surface area contributed by atoms with Gasteiger partial charge < -0.3 is 0 Å². The van der Waals surface area contributed by atoms with E-state index >= 15 is 0 Å². The Morgan fingerprint density at radius 1 is 1.22 bits per heavy atom. The third-order valence-electron chi connectivity index (χ3n) is 3.15. The molecule has 1 amide bonds. The van der Waals surface area contributed by atoms with E-state index in [4.69, 9.17) is 0 Å². The highest BCUT2D eigenvalue weighted by atomic mass is 16.2. The van der Waals surface area contributed by atoms with Gasteiger partial charge in [0.15, 0.2) is 5.82 Å². The van der Waals surface area contributed by atoms with Crippen molar-refractivity contribution in [2.75, 3.05) is 11.9 Å². The summed E-state index contributed by atoms with van der Waals surface area (Å²) in [7, 11) is 1.75. The SMILES string of the molecule is Cc1nc(-c2ccncc2)nc2c1CC(=O)N2C. The minimum absolute atomic E-state index is 0.0641. The lowest BCUT2D eigenvalue weighted by atomic mass is 10.2. The molecule has 3 rings (SSSR count). The van der Waals surface area contributed by atoms with Crippen molar-refractivity contribution >= 4 is 11.7 Å². The molecular formula is C13H12N4O. The molecule has 1 aliphatic heterocycles. The number of hydrogen-bond acceptors (Lipinski definition) is 4. The molecular weight excluding hydrogens is 228 g/mol. The number of anilines is 1. The molecule has 1 aliphatic rings. The van der Waals surface area contributed by atoms with Crippen LogP contribution in [0.15, 0.2) is 24.5 Å². The van der Waals surface area contributed by atoms with E-state index in [2.05, 4.69) is 15.0 Å². The van der Waals surface area contributed by atoms with Crippen LogP contribution in [-0.2, 0) is 11.2 Å². The lowest BCUT2D eigenvalue weighted by Crippen LogP contribution is -2.21. The summed E-state index contributed by atoms with van der Waals surface area (Å²) in [6.07, 6.45) is 3.81. The number of rotatable bonds is 1. The molecule has 0 fully saturated rings. The number of amides is 1. The number of fused-ring (bicyclic) bond motifs is 1. The second kappa shape index (κ2) is 3.87. The molecule has 0 saturated heterocycles. The van der Waals surface area contributed by atoms with Crippen LogP contribution in [0.2, 0.25) is 0 Å². The summed E-state index contributed by atoms with van der Waals surface area (Å²) in [5, 5.41) is 0. The molecule has 0 radical (unpaired) electrons. The van der Waals surface area contributed by atoms with E-state index in [0.29, 0.717) is 12.2 Å². The van der Waals surface area contributed by atoms with Crippen LogP contribution < -0.4 is 4.90 Å². The summed E-state index contributed by atoms with van der Waals surface area (Å²) >= 11 is 0. The molecule has 0 unspecified atom stereocenters. The van der Waals surface area contributed by atoms with Crippen molar-refractivity contribution < 1.29 is 4.79 Å². The summed E-state index contributed by atoms with van der Waals surface area (Å²) in [4.78, 5) is 26.2. The van der Waals surface area contributed by atoms with E-state index in [0.717, 1.165) is 22.6 Å². The zero-order chi connectivity index (χ0) is 12.7. The van der Waals surface area contributed by atoms with Crippen LogP contribution in [0.1, 0.15) is 11.3 Å². The summed E-state index contributed by atoms with van der Waals surface area (Å²) in [5.41, 5.74) is 2.70. The maximum absolute atomic E-state index is 11.7. The first-order valence-corrected chi connectivity index (χ1v) is 5.71. The lowest BCUT2D eigenvalue weighted by molar-refractivity contribution is -0.117. The van der Waals surface area contributed by atoms with Crippen LogP contribution >= 0.6 is 0 Å². The fraction of sp³-hybridized carbons (Fsp3) is 0.231. The number of nitrogens with zero attached hydrogens (tertiary/aromatic N) is 4. The van der Waals surface area contributed by atoms with Crippen LogP contribution in [0.4, 0.5) is 5.82 Å². The van der Waals surface area contributed by atoms with Gasteiger partial charge in [0.2, 0.25) is 5.91 Å². The van der Waals surface area contributed by atoms with Gasteiger partial charge in [-0.2, -0.15) is 0 Å². The zero-order valence-electron chi connectivity index (χ0n) is 10.2. The van der Waals surface area contributed by atoms with Crippen molar-refractivity contribution in [3.05, 3.63) is 35.8 Å². The highest BCUT2D eigenvalue weighted by molar-refractivity contribution is 6.00. The number of aryl methyl sites for hydroxylation is 1. The smallest absolute Gasteiger partial charge is 0.232 e. The van der Waals surface area contributed by atoms with E-state index in [-0.39, 0.29) is 5.91 Å². The Hall–Kier alpha value is -2.30. The fourth-order valence-corrected chi connectivity index (χ4v) is 2.08. The first-order chi connectivity index (χ1) is 8.66. The van der Waals surface area contributed by atoms with Crippen molar-refractivity contribution in [3.63, 3.8) is 0 Å². The van der Waals surface area contributed by atoms with Crippen molar-refractivity contribution in [2.45, 2.75) is 13.3 Å². The number of likely N-dealkylation sites (N-methyl/N-ethyl adjacent to an activating group) is 1. The van der Waals surface area contributed by atoms with Gasteiger partial charge in [0.1, 0.15) is 5.82 Å². The Kier molecular flexibility index (Phi) is 2.33. The molecule has 0 N–H and O–H groups in total.